The Kier molecular flexibility index (Phi) is 5.73. The van der Waals surface area contributed by atoms with Crippen LogP contribution < -0.4 is 10.3 Å². The second-order valence-electron chi connectivity index (χ2n) is 8.59. The van der Waals surface area contributed by atoms with Crippen molar-refractivity contribution in [1.82, 2.24) is 19.4 Å². The van der Waals surface area contributed by atoms with E-state index in [0.29, 0.717) is 21.6 Å². The number of fused-ring (bicyclic) bond motifs is 2. The summed E-state index contributed by atoms with van der Waals surface area (Å²) < 4.78 is 7.02. The Labute approximate surface area is 191 Å². The minimum absolute atomic E-state index is 0.0110. The molecule has 5 rings (SSSR count). The van der Waals surface area contributed by atoms with Crippen LogP contribution in [0.25, 0.3) is 10.2 Å². The Morgan fingerprint density at radius 2 is 1.91 bits per heavy atom. The molecule has 0 atom stereocenters. The number of thiophene rings is 1. The van der Waals surface area contributed by atoms with Crippen LogP contribution in [0.4, 0.5) is 0 Å². The summed E-state index contributed by atoms with van der Waals surface area (Å²) in [6.07, 6.45) is 2.73. The Balaban J connectivity index is 1.32. The lowest BCUT2D eigenvalue weighted by atomic mass is 10.2. The summed E-state index contributed by atoms with van der Waals surface area (Å²) in [5.41, 5.74) is 2.04. The minimum Gasteiger partial charge on any atom is -0.497 e. The second-order valence-corrected chi connectivity index (χ2v) is 9.59. The van der Waals surface area contributed by atoms with E-state index in [1.54, 1.807) is 11.7 Å². The molecule has 1 aromatic carbocycles. The molecule has 1 saturated heterocycles. The van der Waals surface area contributed by atoms with E-state index in [9.17, 15) is 9.59 Å². The minimum atomic E-state index is 0.0110. The predicted octanol–water partition coefficient (Wildman–Crippen LogP) is 3.07. The molecule has 7 nitrogen and oxygen atoms in total. The van der Waals surface area contributed by atoms with Gasteiger partial charge in [0.15, 0.2) is 0 Å². The molecule has 1 amide bonds. The molecule has 2 aromatic heterocycles. The Morgan fingerprint density at radius 1 is 1.09 bits per heavy atom. The first kappa shape index (κ1) is 21.2. The van der Waals surface area contributed by atoms with Gasteiger partial charge in [-0.2, -0.15) is 0 Å². The summed E-state index contributed by atoms with van der Waals surface area (Å²) >= 11 is 1.38. The van der Waals surface area contributed by atoms with Crippen LogP contribution in [0.5, 0.6) is 5.75 Å². The fourth-order valence-electron chi connectivity index (χ4n) is 4.74. The van der Waals surface area contributed by atoms with Gasteiger partial charge in [-0.15, -0.1) is 11.3 Å². The standard InChI is InChI=1S/C24H28N4O3S/c1-16-20-22(25-19-5-3-12-28(19)23(20)29)32-21(16)24(30)27-11-4-10-26(13-14-27)15-17-6-8-18(31-2)9-7-17/h6-9H,3-5,10-15H2,1-2H3. The van der Waals surface area contributed by atoms with Crippen LogP contribution in [-0.4, -0.2) is 58.5 Å². The van der Waals surface area contributed by atoms with Crippen LogP contribution >= 0.6 is 11.3 Å². The third-order valence-corrected chi connectivity index (χ3v) is 7.72. The van der Waals surface area contributed by atoms with Crippen LogP contribution in [0.2, 0.25) is 0 Å². The Morgan fingerprint density at radius 3 is 2.69 bits per heavy atom. The van der Waals surface area contributed by atoms with Crippen LogP contribution in [-0.2, 0) is 19.5 Å². The third-order valence-electron chi connectivity index (χ3n) is 6.55. The number of aryl methyl sites for hydroxylation is 2. The number of aromatic nitrogens is 2. The molecule has 1 fully saturated rings. The highest BCUT2D eigenvalue weighted by Gasteiger charge is 2.27. The van der Waals surface area contributed by atoms with Gasteiger partial charge in [-0.1, -0.05) is 12.1 Å². The molecule has 8 heteroatoms. The zero-order valence-electron chi connectivity index (χ0n) is 18.6. The summed E-state index contributed by atoms with van der Waals surface area (Å²) in [6.45, 7) is 6.69. The van der Waals surface area contributed by atoms with Crippen molar-refractivity contribution in [2.75, 3.05) is 33.3 Å². The van der Waals surface area contributed by atoms with E-state index in [1.165, 1.54) is 16.9 Å². The molecule has 168 valence electrons. The fraction of sp³-hybridized carbons (Fsp3) is 0.458. The van der Waals surface area contributed by atoms with Crippen LogP contribution in [0.15, 0.2) is 29.1 Å². The molecule has 0 spiro atoms. The molecule has 3 aromatic rings. The van der Waals surface area contributed by atoms with Crippen molar-refractivity contribution in [3.8, 4) is 5.75 Å². The zero-order valence-corrected chi connectivity index (χ0v) is 19.4. The molecule has 4 heterocycles. The van der Waals surface area contributed by atoms with Crippen LogP contribution in [0, 0.1) is 6.92 Å². The van der Waals surface area contributed by atoms with E-state index >= 15 is 0 Å². The molecule has 0 saturated carbocycles. The normalized spacial score (nSPS) is 16.9. The summed E-state index contributed by atoms with van der Waals surface area (Å²) in [4.78, 5) is 36.8. The summed E-state index contributed by atoms with van der Waals surface area (Å²) in [6, 6.07) is 8.16. The lowest BCUT2D eigenvalue weighted by molar-refractivity contribution is 0.0765. The van der Waals surface area contributed by atoms with Gasteiger partial charge in [-0.05, 0) is 43.0 Å². The first-order valence-corrected chi connectivity index (χ1v) is 12.0. The number of rotatable bonds is 4. The number of carbonyl (C=O) groups excluding carboxylic acids is 1. The van der Waals surface area contributed by atoms with Gasteiger partial charge in [-0.3, -0.25) is 19.1 Å². The monoisotopic (exact) mass is 452 g/mol. The number of amides is 1. The van der Waals surface area contributed by atoms with Gasteiger partial charge in [0.25, 0.3) is 11.5 Å². The maximum atomic E-state index is 13.4. The van der Waals surface area contributed by atoms with Gasteiger partial charge in [0.2, 0.25) is 0 Å². The van der Waals surface area contributed by atoms with Gasteiger partial charge >= 0.3 is 0 Å². The summed E-state index contributed by atoms with van der Waals surface area (Å²) in [7, 11) is 1.67. The largest absolute Gasteiger partial charge is 0.497 e. The van der Waals surface area contributed by atoms with Crippen molar-refractivity contribution < 1.29 is 9.53 Å². The highest BCUT2D eigenvalue weighted by atomic mass is 32.1. The Bertz CT molecular complexity index is 1210. The molecule has 0 N–H and O–H groups in total. The average molecular weight is 453 g/mol. The molecular weight excluding hydrogens is 424 g/mol. The van der Waals surface area contributed by atoms with Gasteiger partial charge in [0.1, 0.15) is 16.4 Å². The first-order valence-electron chi connectivity index (χ1n) is 11.2. The maximum Gasteiger partial charge on any atom is 0.264 e. The summed E-state index contributed by atoms with van der Waals surface area (Å²) in [5.74, 6) is 1.74. The van der Waals surface area contributed by atoms with Crippen LogP contribution in [0.1, 0.15) is 39.5 Å². The quantitative estimate of drug-likeness (QED) is 0.609. The Hall–Kier alpha value is -2.71. The van der Waals surface area contributed by atoms with Crippen molar-refractivity contribution in [1.29, 1.82) is 0 Å². The molecule has 0 bridgehead atoms. The molecule has 0 aliphatic carbocycles. The topological polar surface area (TPSA) is 67.7 Å². The van der Waals surface area contributed by atoms with Crippen molar-refractivity contribution in [3.05, 3.63) is 56.4 Å². The number of methoxy groups -OCH3 is 1. The maximum absolute atomic E-state index is 13.4. The van der Waals surface area contributed by atoms with Gasteiger partial charge in [0.05, 0.1) is 17.4 Å². The summed E-state index contributed by atoms with van der Waals surface area (Å²) in [5, 5.41) is 0.625. The molecule has 0 unspecified atom stereocenters. The van der Waals surface area contributed by atoms with E-state index in [4.69, 9.17) is 9.72 Å². The number of ether oxygens (including phenoxy) is 1. The lowest BCUT2D eigenvalue weighted by Crippen LogP contribution is -2.35. The highest BCUT2D eigenvalue weighted by Crippen LogP contribution is 2.30. The van der Waals surface area contributed by atoms with Crippen molar-refractivity contribution in [3.63, 3.8) is 0 Å². The number of carbonyl (C=O) groups is 1. The van der Waals surface area contributed by atoms with E-state index in [1.807, 2.05) is 24.0 Å². The van der Waals surface area contributed by atoms with E-state index in [0.717, 1.165) is 69.1 Å². The average Bonchev–Trinajstić information content (AvgIpc) is 3.32. The van der Waals surface area contributed by atoms with Gasteiger partial charge < -0.3 is 9.64 Å². The van der Waals surface area contributed by atoms with Crippen molar-refractivity contribution >= 4 is 27.5 Å². The third kappa shape index (κ3) is 3.82. The number of hydrogen-bond donors (Lipinski definition) is 0. The molecular formula is C24H28N4O3S. The smallest absolute Gasteiger partial charge is 0.264 e. The first-order chi connectivity index (χ1) is 15.5. The number of benzene rings is 1. The van der Waals surface area contributed by atoms with Crippen LogP contribution in [0.3, 0.4) is 0 Å². The zero-order chi connectivity index (χ0) is 22.2. The molecule has 32 heavy (non-hydrogen) atoms. The van der Waals surface area contributed by atoms with E-state index in [-0.39, 0.29) is 11.5 Å². The van der Waals surface area contributed by atoms with Crippen molar-refractivity contribution in [2.24, 2.45) is 0 Å². The SMILES string of the molecule is COc1ccc(CN2CCCN(C(=O)c3sc4nc5n(c(=O)c4c3C)CCC5)CC2)cc1. The second kappa shape index (κ2) is 8.67. The lowest BCUT2D eigenvalue weighted by Gasteiger charge is -2.22. The van der Waals surface area contributed by atoms with Crippen molar-refractivity contribution in [2.45, 2.75) is 39.3 Å². The molecule has 2 aliphatic rings. The van der Waals surface area contributed by atoms with E-state index in [2.05, 4.69) is 17.0 Å². The highest BCUT2D eigenvalue weighted by molar-refractivity contribution is 7.20. The molecule has 0 radical (unpaired) electrons. The number of hydrogen-bond acceptors (Lipinski definition) is 6. The predicted molar refractivity (Wildman–Crippen MR) is 126 cm³/mol. The van der Waals surface area contributed by atoms with Gasteiger partial charge in [0, 0.05) is 45.7 Å². The van der Waals surface area contributed by atoms with E-state index < -0.39 is 0 Å². The van der Waals surface area contributed by atoms with Gasteiger partial charge in [-0.25, -0.2) is 4.98 Å². The number of nitrogens with zero attached hydrogens (tertiary/aromatic N) is 4. The molecule has 2 aliphatic heterocycles. The fourth-order valence-corrected chi connectivity index (χ4v) is 5.90.